The molecule has 0 aromatic carbocycles. The molecule has 0 unspecified atom stereocenters. The van der Waals surface area contributed by atoms with Crippen LogP contribution in [0.15, 0.2) is 30.7 Å². The molecule has 1 saturated heterocycles. The molecule has 3 heterocycles. The van der Waals surface area contributed by atoms with Gasteiger partial charge in [0.05, 0.1) is 11.8 Å². The third kappa shape index (κ3) is 3.31. The van der Waals surface area contributed by atoms with E-state index in [1.165, 1.54) is 12.8 Å². The molecular formula is C15H17ClN4O. The van der Waals surface area contributed by atoms with Crippen molar-refractivity contribution in [1.82, 2.24) is 19.9 Å². The van der Waals surface area contributed by atoms with E-state index in [1.807, 2.05) is 6.07 Å². The van der Waals surface area contributed by atoms with Gasteiger partial charge < -0.3 is 9.64 Å². The minimum Gasteiger partial charge on any atom is -0.490 e. The van der Waals surface area contributed by atoms with Crippen LogP contribution in [0, 0.1) is 0 Å². The summed E-state index contributed by atoms with van der Waals surface area (Å²) in [5, 5.41) is 0.381. The number of aromatic nitrogens is 3. The molecule has 0 radical (unpaired) electrons. The van der Waals surface area contributed by atoms with E-state index in [1.54, 1.807) is 24.7 Å². The van der Waals surface area contributed by atoms with Gasteiger partial charge in [-0.2, -0.15) is 0 Å². The molecule has 3 rings (SSSR count). The number of hydrogen-bond acceptors (Lipinski definition) is 5. The predicted molar refractivity (Wildman–Crippen MR) is 81.4 cm³/mol. The van der Waals surface area contributed by atoms with Gasteiger partial charge in [-0.3, -0.25) is 0 Å². The van der Waals surface area contributed by atoms with Crippen molar-refractivity contribution in [2.45, 2.75) is 18.9 Å². The first-order chi connectivity index (χ1) is 10.2. The van der Waals surface area contributed by atoms with E-state index in [-0.39, 0.29) is 0 Å². The Hall–Kier alpha value is -1.72. The van der Waals surface area contributed by atoms with E-state index >= 15 is 0 Å². The number of ether oxygens (including phenoxy) is 1. The highest BCUT2D eigenvalue weighted by Gasteiger charge is 2.21. The van der Waals surface area contributed by atoms with Gasteiger partial charge in [0, 0.05) is 18.4 Å². The lowest BCUT2D eigenvalue weighted by Gasteiger charge is -2.19. The van der Waals surface area contributed by atoms with E-state index < -0.39 is 0 Å². The fourth-order valence-electron chi connectivity index (χ4n) is 2.49. The van der Waals surface area contributed by atoms with Gasteiger partial charge in [0.1, 0.15) is 17.5 Å². The Labute approximate surface area is 129 Å². The number of nitrogens with zero attached hydrogens (tertiary/aromatic N) is 4. The monoisotopic (exact) mass is 304 g/mol. The van der Waals surface area contributed by atoms with Crippen LogP contribution in [0.1, 0.15) is 12.8 Å². The van der Waals surface area contributed by atoms with Crippen LogP contribution in [0.5, 0.6) is 5.75 Å². The normalized spacial score (nSPS) is 18.9. The van der Waals surface area contributed by atoms with Crippen LogP contribution in [-0.4, -0.2) is 46.1 Å². The van der Waals surface area contributed by atoms with Gasteiger partial charge in [0.2, 0.25) is 0 Å². The Morgan fingerprint density at radius 3 is 2.86 bits per heavy atom. The van der Waals surface area contributed by atoms with E-state index in [0.717, 1.165) is 6.54 Å². The number of pyridine rings is 1. The van der Waals surface area contributed by atoms with Gasteiger partial charge >= 0.3 is 0 Å². The number of likely N-dealkylation sites (tertiary alicyclic amines) is 1. The second kappa shape index (κ2) is 6.37. The molecule has 1 atom stereocenters. The SMILES string of the molecule is CN1CCC[C@@H]1COc1cnc(Cl)c(-c2ncccn2)c1. The maximum atomic E-state index is 6.13. The molecule has 1 fully saturated rings. The van der Waals surface area contributed by atoms with Crippen molar-refractivity contribution in [1.29, 1.82) is 0 Å². The van der Waals surface area contributed by atoms with Crippen molar-refractivity contribution in [2.24, 2.45) is 0 Å². The number of halogens is 1. The molecule has 0 aliphatic carbocycles. The van der Waals surface area contributed by atoms with Crippen LogP contribution in [-0.2, 0) is 0 Å². The molecule has 21 heavy (non-hydrogen) atoms. The summed E-state index contributed by atoms with van der Waals surface area (Å²) in [7, 11) is 2.13. The van der Waals surface area contributed by atoms with Crippen LogP contribution in [0.25, 0.3) is 11.4 Å². The Morgan fingerprint density at radius 2 is 2.14 bits per heavy atom. The van der Waals surface area contributed by atoms with E-state index in [9.17, 15) is 0 Å². The molecule has 0 bridgehead atoms. The molecular weight excluding hydrogens is 288 g/mol. The van der Waals surface area contributed by atoms with Crippen LogP contribution in [0.2, 0.25) is 5.15 Å². The van der Waals surface area contributed by atoms with Crippen molar-refractivity contribution in [2.75, 3.05) is 20.2 Å². The van der Waals surface area contributed by atoms with Crippen molar-refractivity contribution in [3.05, 3.63) is 35.9 Å². The maximum Gasteiger partial charge on any atom is 0.162 e. The third-order valence-corrected chi connectivity index (χ3v) is 4.04. The topological polar surface area (TPSA) is 51.1 Å². The fraction of sp³-hybridized carbons (Fsp3) is 0.400. The highest BCUT2D eigenvalue weighted by atomic mass is 35.5. The second-order valence-electron chi connectivity index (χ2n) is 5.17. The molecule has 6 heteroatoms. The number of rotatable bonds is 4. The summed E-state index contributed by atoms with van der Waals surface area (Å²) in [5.74, 6) is 1.25. The van der Waals surface area contributed by atoms with Crippen LogP contribution >= 0.6 is 11.6 Å². The Bertz CT molecular complexity index is 608. The van der Waals surface area contributed by atoms with Crippen molar-refractivity contribution >= 4 is 11.6 Å². The Balaban J connectivity index is 1.75. The quantitative estimate of drug-likeness (QED) is 0.813. The summed E-state index contributed by atoms with van der Waals surface area (Å²) < 4.78 is 5.86. The zero-order valence-corrected chi connectivity index (χ0v) is 12.6. The smallest absolute Gasteiger partial charge is 0.162 e. The lowest BCUT2D eigenvalue weighted by atomic mass is 10.2. The average Bonchev–Trinajstić information content (AvgIpc) is 2.93. The van der Waals surface area contributed by atoms with Gasteiger partial charge in [-0.05, 0) is 38.6 Å². The number of likely N-dealkylation sites (N-methyl/N-ethyl adjacent to an activating group) is 1. The lowest BCUT2D eigenvalue weighted by Crippen LogP contribution is -2.30. The minimum absolute atomic E-state index is 0.381. The van der Waals surface area contributed by atoms with E-state index in [4.69, 9.17) is 16.3 Å². The highest BCUT2D eigenvalue weighted by Crippen LogP contribution is 2.27. The van der Waals surface area contributed by atoms with Gasteiger partial charge in [0.15, 0.2) is 5.82 Å². The molecule has 2 aromatic heterocycles. The van der Waals surface area contributed by atoms with Crippen LogP contribution in [0.4, 0.5) is 0 Å². The van der Waals surface area contributed by atoms with Crippen molar-refractivity contribution < 1.29 is 4.74 Å². The van der Waals surface area contributed by atoms with Gasteiger partial charge in [-0.1, -0.05) is 11.6 Å². The molecule has 0 N–H and O–H groups in total. The molecule has 0 amide bonds. The van der Waals surface area contributed by atoms with Gasteiger partial charge in [-0.25, -0.2) is 15.0 Å². The summed E-state index contributed by atoms with van der Waals surface area (Å²) in [6, 6.07) is 4.08. The Morgan fingerprint density at radius 1 is 1.33 bits per heavy atom. The summed E-state index contributed by atoms with van der Waals surface area (Å²) in [6.07, 6.45) is 7.40. The third-order valence-electron chi connectivity index (χ3n) is 3.73. The summed E-state index contributed by atoms with van der Waals surface area (Å²) in [4.78, 5) is 14.9. The summed E-state index contributed by atoms with van der Waals surface area (Å²) >= 11 is 6.13. The first-order valence-corrected chi connectivity index (χ1v) is 7.38. The van der Waals surface area contributed by atoms with Gasteiger partial charge in [-0.15, -0.1) is 0 Å². The first kappa shape index (κ1) is 14.2. The van der Waals surface area contributed by atoms with Crippen molar-refractivity contribution in [3.8, 4) is 17.1 Å². The molecule has 2 aromatic rings. The lowest BCUT2D eigenvalue weighted by molar-refractivity contribution is 0.198. The van der Waals surface area contributed by atoms with Crippen molar-refractivity contribution in [3.63, 3.8) is 0 Å². The zero-order valence-electron chi connectivity index (χ0n) is 11.9. The maximum absolute atomic E-state index is 6.13. The van der Waals surface area contributed by atoms with E-state index in [2.05, 4.69) is 26.9 Å². The zero-order chi connectivity index (χ0) is 14.7. The van der Waals surface area contributed by atoms with Crippen LogP contribution in [0.3, 0.4) is 0 Å². The predicted octanol–water partition coefficient (Wildman–Crippen LogP) is 2.67. The number of hydrogen-bond donors (Lipinski definition) is 0. The highest BCUT2D eigenvalue weighted by molar-refractivity contribution is 6.31. The molecule has 5 nitrogen and oxygen atoms in total. The molecule has 0 saturated carbocycles. The standard InChI is InChI=1S/C15H17ClN4O/c1-20-7-2-4-11(20)10-21-12-8-13(14(16)19-9-12)15-17-5-3-6-18-15/h3,5-6,8-9,11H,2,4,7,10H2,1H3/t11-/m1/s1. The Kier molecular flexibility index (Phi) is 4.31. The van der Waals surface area contributed by atoms with Crippen LogP contribution < -0.4 is 4.74 Å². The van der Waals surface area contributed by atoms with Gasteiger partial charge in [0.25, 0.3) is 0 Å². The molecule has 1 aliphatic rings. The summed E-state index contributed by atoms with van der Waals surface area (Å²) in [6.45, 7) is 1.80. The molecule has 0 spiro atoms. The van der Waals surface area contributed by atoms with E-state index in [0.29, 0.717) is 34.9 Å². The largest absolute Gasteiger partial charge is 0.490 e. The average molecular weight is 305 g/mol. The minimum atomic E-state index is 0.381. The molecule has 110 valence electrons. The fourth-order valence-corrected chi connectivity index (χ4v) is 2.67. The second-order valence-corrected chi connectivity index (χ2v) is 5.53. The summed E-state index contributed by atoms with van der Waals surface area (Å²) in [5.41, 5.74) is 0.689. The molecule has 1 aliphatic heterocycles. The first-order valence-electron chi connectivity index (χ1n) is 7.00.